The van der Waals surface area contributed by atoms with Crippen molar-refractivity contribution in [2.75, 3.05) is 0 Å². The number of halogens is 1. The predicted molar refractivity (Wildman–Crippen MR) is 56.9 cm³/mol. The second kappa shape index (κ2) is 4.47. The van der Waals surface area contributed by atoms with Gasteiger partial charge in [-0.2, -0.15) is 0 Å². The van der Waals surface area contributed by atoms with Crippen molar-refractivity contribution in [3.63, 3.8) is 0 Å². The largest absolute Gasteiger partial charge is 0.481 e. The van der Waals surface area contributed by atoms with Crippen molar-refractivity contribution < 1.29 is 9.90 Å². The molecule has 0 aliphatic rings. The standard InChI is InChI=1S/C11H13ClO2/c1-7-5-8(2)11(12)9(6-7)3-4-10(13)14/h5-6H,3-4H2,1-2H3,(H,13,14). The van der Waals surface area contributed by atoms with E-state index in [1.165, 1.54) is 0 Å². The molecule has 0 saturated carbocycles. The lowest BCUT2D eigenvalue weighted by atomic mass is 10.0. The Balaban J connectivity index is 2.90. The number of aryl methyl sites for hydroxylation is 3. The van der Waals surface area contributed by atoms with E-state index in [2.05, 4.69) is 0 Å². The number of carboxylic acids is 1. The Morgan fingerprint density at radius 2 is 2.07 bits per heavy atom. The number of rotatable bonds is 3. The molecule has 0 aliphatic heterocycles. The highest BCUT2D eigenvalue weighted by molar-refractivity contribution is 6.32. The SMILES string of the molecule is Cc1cc(C)c(Cl)c(CCC(=O)O)c1. The number of carbonyl (C=O) groups is 1. The van der Waals surface area contributed by atoms with Crippen LogP contribution in [0.1, 0.15) is 23.1 Å². The van der Waals surface area contributed by atoms with Crippen LogP contribution in [-0.4, -0.2) is 11.1 Å². The molecule has 0 spiro atoms. The fourth-order valence-electron chi connectivity index (χ4n) is 1.46. The molecule has 1 aromatic carbocycles. The summed E-state index contributed by atoms with van der Waals surface area (Å²) in [6.07, 6.45) is 0.624. The van der Waals surface area contributed by atoms with Crippen LogP contribution < -0.4 is 0 Å². The molecule has 0 fully saturated rings. The second-order valence-electron chi connectivity index (χ2n) is 3.45. The molecule has 0 heterocycles. The van der Waals surface area contributed by atoms with Crippen molar-refractivity contribution in [1.29, 1.82) is 0 Å². The third-order valence-corrected chi connectivity index (χ3v) is 2.62. The minimum Gasteiger partial charge on any atom is -0.481 e. The second-order valence-corrected chi connectivity index (χ2v) is 3.83. The third kappa shape index (κ3) is 2.74. The molecular formula is C11H13ClO2. The maximum Gasteiger partial charge on any atom is 0.303 e. The first-order valence-electron chi connectivity index (χ1n) is 4.48. The van der Waals surface area contributed by atoms with Gasteiger partial charge in [0, 0.05) is 11.4 Å². The molecule has 0 amide bonds. The van der Waals surface area contributed by atoms with E-state index in [4.69, 9.17) is 16.7 Å². The highest BCUT2D eigenvalue weighted by Gasteiger charge is 2.06. The Bertz CT molecular complexity index is 359. The quantitative estimate of drug-likeness (QED) is 0.837. The molecule has 3 heteroatoms. The molecule has 76 valence electrons. The van der Waals surface area contributed by atoms with Crippen molar-refractivity contribution in [2.24, 2.45) is 0 Å². The van der Waals surface area contributed by atoms with Crippen LogP contribution in [-0.2, 0) is 11.2 Å². The first-order valence-corrected chi connectivity index (χ1v) is 4.86. The minimum atomic E-state index is -0.791. The molecule has 0 unspecified atom stereocenters. The molecule has 1 rings (SSSR count). The highest BCUT2D eigenvalue weighted by Crippen LogP contribution is 2.23. The van der Waals surface area contributed by atoms with E-state index in [1.807, 2.05) is 26.0 Å². The summed E-state index contributed by atoms with van der Waals surface area (Å²) < 4.78 is 0. The monoisotopic (exact) mass is 212 g/mol. The summed E-state index contributed by atoms with van der Waals surface area (Å²) in [4.78, 5) is 10.4. The number of carboxylic acid groups (broad SMARTS) is 1. The molecular weight excluding hydrogens is 200 g/mol. The zero-order valence-electron chi connectivity index (χ0n) is 8.30. The van der Waals surface area contributed by atoms with Gasteiger partial charge >= 0.3 is 5.97 Å². The molecule has 0 bridgehead atoms. The van der Waals surface area contributed by atoms with Gasteiger partial charge in [-0.3, -0.25) is 4.79 Å². The fraction of sp³-hybridized carbons (Fsp3) is 0.364. The molecule has 0 saturated heterocycles. The van der Waals surface area contributed by atoms with Crippen LogP contribution in [0.5, 0.6) is 0 Å². The first kappa shape index (κ1) is 11.1. The Kier molecular flexibility index (Phi) is 3.53. The van der Waals surface area contributed by atoms with Gasteiger partial charge in [0.15, 0.2) is 0 Å². The zero-order chi connectivity index (χ0) is 10.7. The molecule has 0 atom stereocenters. The van der Waals surface area contributed by atoms with Gasteiger partial charge < -0.3 is 5.11 Å². The number of hydrogen-bond acceptors (Lipinski definition) is 1. The van der Waals surface area contributed by atoms with Crippen LogP contribution >= 0.6 is 11.6 Å². The van der Waals surface area contributed by atoms with Crippen LogP contribution in [0.2, 0.25) is 5.02 Å². The molecule has 0 aromatic heterocycles. The van der Waals surface area contributed by atoms with Crippen molar-refractivity contribution in [2.45, 2.75) is 26.7 Å². The highest BCUT2D eigenvalue weighted by atomic mass is 35.5. The van der Waals surface area contributed by atoms with Crippen LogP contribution in [0.3, 0.4) is 0 Å². The topological polar surface area (TPSA) is 37.3 Å². The Hall–Kier alpha value is -1.02. The number of aliphatic carboxylic acids is 1. The number of hydrogen-bond donors (Lipinski definition) is 1. The molecule has 1 N–H and O–H groups in total. The first-order chi connectivity index (χ1) is 6.50. The van der Waals surface area contributed by atoms with Crippen LogP contribution in [0.15, 0.2) is 12.1 Å². The Morgan fingerprint density at radius 1 is 1.43 bits per heavy atom. The van der Waals surface area contributed by atoms with Crippen molar-refractivity contribution >= 4 is 17.6 Å². The Morgan fingerprint density at radius 3 is 2.64 bits per heavy atom. The normalized spacial score (nSPS) is 10.2. The third-order valence-electron chi connectivity index (χ3n) is 2.08. The molecule has 0 aliphatic carbocycles. The van der Waals surface area contributed by atoms with Gasteiger partial charge in [0.1, 0.15) is 0 Å². The Labute approximate surface area is 88.5 Å². The van der Waals surface area contributed by atoms with E-state index in [1.54, 1.807) is 0 Å². The van der Waals surface area contributed by atoms with Gasteiger partial charge in [-0.1, -0.05) is 29.3 Å². The van der Waals surface area contributed by atoms with E-state index in [0.29, 0.717) is 11.4 Å². The maximum absolute atomic E-state index is 10.4. The lowest BCUT2D eigenvalue weighted by molar-refractivity contribution is -0.136. The van der Waals surface area contributed by atoms with E-state index in [9.17, 15) is 4.79 Å². The van der Waals surface area contributed by atoms with E-state index in [0.717, 1.165) is 16.7 Å². The van der Waals surface area contributed by atoms with Crippen LogP contribution in [0.4, 0.5) is 0 Å². The van der Waals surface area contributed by atoms with Gasteiger partial charge in [-0.15, -0.1) is 0 Å². The summed E-state index contributed by atoms with van der Waals surface area (Å²) in [5.74, 6) is -0.791. The van der Waals surface area contributed by atoms with Crippen molar-refractivity contribution in [1.82, 2.24) is 0 Å². The summed E-state index contributed by atoms with van der Waals surface area (Å²) in [7, 11) is 0. The number of benzene rings is 1. The molecule has 1 aromatic rings. The van der Waals surface area contributed by atoms with E-state index < -0.39 is 5.97 Å². The summed E-state index contributed by atoms with van der Waals surface area (Å²) in [6.45, 7) is 3.91. The van der Waals surface area contributed by atoms with E-state index in [-0.39, 0.29) is 6.42 Å². The average Bonchev–Trinajstić information content (AvgIpc) is 2.08. The van der Waals surface area contributed by atoms with E-state index >= 15 is 0 Å². The van der Waals surface area contributed by atoms with Crippen LogP contribution in [0, 0.1) is 13.8 Å². The lowest BCUT2D eigenvalue weighted by Crippen LogP contribution is -1.99. The molecule has 0 radical (unpaired) electrons. The smallest absolute Gasteiger partial charge is 0.303 e. The van der Waals surface area contributed by atoms with Gasteiger partial charge in [0.2, 0.25) is 0 Å². The van der Waals surface area contributed by atoms with Crippen LogP contribution in [0.25, 0.3) is 0 Å². The molecule has 2 nitrogen and oxygen atoms in total. The summed E-state index contributed by atoms with van der Waals surface area (Å²) in [6, 6.07) is 3.94. The zero-order valence-corrected chi connectivity index (χ0v) is 9.06. The van der Waals surface area contributed by atoms with Gasteiger partial charge in [-0.05, 0) is 31.4 Å². The molecule has 14 heavy (non-hydrogen) atoms. The van der Waals surface area contributed by atoms with Crippen molar-refractivity contribution in [3.8, 4) is 0 Å². The average molecular weight is 213 g/mol. The maximum atomic E-state index is 10.4. The van der Waals surface area contributed by atoms with Gasteiger partial charge in [-0.25, -0.2) is 0 Å². The predicted octanol–water partition coefficient (Wildman–Crippen LogP) is 2.97. The lowest BCUT2D eigenvalue weighted by Gasteiger charge is -2.07. The summed E-state index contributed by atoms with van der Waals surface area (Å²) in [5, 5.41) is 9.25. The van der Waals surface area contributed by atoms with Gasteiger partial charge in [0.05, 0.1) is 0 Å². The van der Waals surface area contributed by atoms with Gasteiger partial charge in [0.25, 0.3) is 0 Å². The summed E-state index contributed by atoms with van der Waals surface area (Å²) in [5.41, 5.74) is 3.05. The fourth-order valence-corrected chi connectivity index (χ4v) is 1.67. The summed E-state index contributed by atoms with van der Waals surface area (Å²) >= 11 is 6.06. The van der Waals surface area contributed by atoms with Crippen molar-refractivity contribution in [3.05, 3.63) is 33.8 Å². The minimum absolute atomic E-state index is 0.128.